The number of rotatable bonds is 8. The maximum Gasteiger partial charge on any atom is 0.193 e. The fourth-order valence-electron chi connectivity index (χ4n) is 3.67. The Morgan fingerprint density at radius 1 is 1.23 bits per heavy atom. The third kappa shape index (κ3) is 5.37. The molecular formula is C21H34N4O. The van der Waals surface area contributed by atoms with Crippen molar-refractivity contribution in [2.75, 3.05) is 39.8 Å². The first kappa shape index (κ1) is 19.0. The van der Waals surface area contributed by atoms with E-state index in [4.69, 9.17) is 9.73 Å². The minimum absolute atomic E-state index is 0.704. The number of benzene rings is 1. The van der Waals surface area contributed by atoms with E-state index >= 15 is 0 Å². The van der Waals surface area contributed by atoms with E-state index in [0.717, 1.165) is 37.4 Å². The smallest absolute Gasteiger partial charge is 0.193 e. The Labute approximate surface area is 158 Å². The summed E-state index contributed by atoms with van der Waals surface area (Å²) in [6.45, 7) is 10.0. The molecule has 144 valence electrons. The van der Waals surface area contributed by atoms with Crippen molar-refractivity contribution in [1.82, 2.24) is 15.1 Å². The molecule has 2 fully saturated rings. The fourth-order valence-corrected chi connectivity index (χ4v) is 3.67. The van der Waals surface area contributed by atoms with Crippen LogP contribution in [0.5, 0.6) is 5.75 Å². The molecule has 1 unspecified atom stereocenters. The maximum absolute atomic E-state index is 5.52. The molecule has 1 heterocycles. The molecule has 26 heavy (non-hydrogen) atoms. The van der Waals surface area contributed by atoms with E-state index in [1.54, 1.807) is 0 Å². The van der Waals surface area contributed by atoms with Crippen molar-refractivity contribution < 1.29 is 4.74 Å². The van der Waals surface area contributed by atoms with Crippen LogP contribution in [0.4, 0.5) is 0 Å². The van der Waals surface area contributed by atoms with E-state index in [1.807, 2.05) is 19.1 Å². The van der Waals surface area contributed by atoms with Gasteiger partial charge in [0.05, 0.1) is 6.61 Å². The van der Waals surface area contributed by atoms with Crippen LogP contribution in [0.2, 0.25) is 0 Å². The van der Waals surface area contributed by atoms with Crippen LogP contribution in [0.1, 0.15) is 38.7 Å². The predicted molar refractivity (Wildman–Crippen MR) is 108 cm³/mol. The molecule has 1 N–H and O–H groups in total. The van der Waals surface area contributed by atoms with Crippen LogP contribution in [0.15, 0.2) is 29.3 Å². The van der Waals surface area contributed by atoms with E-state index in [2.05, 4.69) is 41.2 Å². The van der Waals surface area contributed by atoms with E-state index in [0.29, 0.717) is 12.5 Å². The van der Waals surface area contributed by atoms with Crippen LogP contribution in [0.3, 0.4) is 0 Å². The van der Waals surface area contributed by atoms with Crippen LogP contribution in [-0.2, 0) is 6.54 Å². The zero-order valence-corrected chi connectivity index (χ0v) is 16.6. The first-order valence-corrected chi connectivity index (χ1v) is 10.1. The zero-order chi connectivity index (χ0) is 18.4. The normalized spacial score (nSPS) is 21.0. The number of hydrogen-bond acceptors (Lipinski definition) is 3. The van der Waals surface area contributed by atoms with E-state index in [9.17, 15) is 0 Å². The van der Waals surface area contributed by atoms with Gasteiger partial charge in [-0.3, -0.25) is 4.99 Å². The molecule has 0 radical (unpaired) electrons. The van der Waals surface area contributed by atoms with Gasteiger partial charge in [0.15, 0.2) is 5.96 Å². The average Bonchev–Trinajstić information content (AvgIpc) is 3.39. The third-order valence-electron chi connectivity index (χ3n) is 5.23. The van der Waals surface area contributed by atoms with Crippen LogP contribution in [0.25, 0.3) is 0 Å². The minimum atomic E-state index is 0.704. The number of hydrogen-bond donors (Lipinski definition) is 1. The first-order chi connectivity index (χ1) is 12.7. The molecule has 1 aromatic rings. The standard InChI is InChI=1S/C21H34N4O/c1-4-22-21(23-14-18-12-13-25(16-18)19-8-9-19)24(3)15-17-6-10-20(11-7-17)26-5-2/h6-7,10-11,18-19H,4-5,8-9,12-16H2,1-3H3,(H,22,23). The van der Waals surface area contributed by atoms with Gasteiger partial charge in [-0.1, -0.05) is 12.1 Å². The van der Waals surface area contributed by atoms with Crippen molar-refractivity contribution >= 4 is 5.96 Å². The highest BCUT2D eigenvalue weighted by Crippen LogP contribution is 2.31. The Bertz CT molecular complexity index is 582. The SMILES string of the molecule is CCNC(=NCC1CCN(C2CC2)C1)N(C)Cc1ccc(OCC)cc1. The van der Waals surface area contributed by atoms with Crippen LogP contribution >= 0.6 is 0 Å². The second-order valence-corrected chi connectivity index (χ2v) is 7.51. The highest BCUT2D eigenvalue weighted by Gasteiger charge is 2.34. The summed E-state index contributed by atoms with van der Waals surface area (Å²) >= 11 is 0. The lowest BCUT2D eigenvalue weighted by atomic mass is 10.1. The number of likely N-dealkylation sites (tertiary alicyclic amines) is 1. The molecule has 0 amide bonds. The topological polar surface area (TPSA) is 40.1 Å². The second kappa shape index (κ2) is 9.26. The van der Waals surface area contributed by atoms with Crippen molar-refractivity contribution in [2.24, 2.45) is 10.9 Å². The Kier molecular flexibility index (Phi) is 6.78. The second-order valence-electron chi connectivity index (χ2n) is 7.51. The fraction of sp³-hybridized carbons (Fsp3) is 0.667. The van der Waals surface area contributed by atoms with Gasteiger partial charge in [0.2, 0.25) is 0 Å². The van der Waals surface area contributed by atoms with Gasteiger partial charge in [-0.15, -0.1) is 0 Å². The molecule has 0 aromatic heterocycles. The van der Waals surface area contributed by atoms with Crippen LogP contribution < -0.4 is 10.1 Å². The summed E-state index contributed by atoms with van der Waals surface area (Å²) in [5.74, 6) is 2.65. The van der Waals surface area contributed by atoms with Gasteiger partial charge in [0.1, 0.15) is 5.75 Å². The van der Waals surface area contributed by atoms with Gasteiger partial charge >= 0.3 is 0 Å². The first-order valence-electron chi connectivity index (χ1n) is 10.1. The molecule has 2 aliphatic rings. The summed E-state index contributed by atoms with van der Waals surface area (Å²) in [5.41, 5.74) is 1.27. The van der Waals surface area contributed by atoms with Gasteiger partial charge < -0.3 is 19.9 Å². The van der Waals surface area contributed by atoms with Crippen molar-refractivity contribution in [2.45, 2.75) is 45.7 Å². The van der Waals surface area contributed by atoms with Crippen molar-refractivity contribution in [1.29, 1.82) is 0 Å². The monoisotopic (exact) mass is 358 g/mol. The Hall–Kier alpha value is -1.75. The van der Waals surface area contributed by atoms with Gasteiger partial charge in [-0.2, -0.15) is 0 Å². The summed E-state index contributed by atoms with van der Waals surface area (Å²) in [6.07, 6.45) is 4.11. The van der Waals surface area contributed by atoms with Gasteiger partial charge in [0.25, 0.3) is 0 Å². The molecule has 3 rings (SSSR count). The van der Waals surface area contributed by atoms with E-state index < -0.39 is 0 Å². The maximum atomic E-state index is 5.52. The number of aliphatic imine (C=N–C) groups is 1. The minimum Gasteiger partial charge on any atom is -0.494 e. The van der Waals surface area contributed by atoms with E-state index in [1.165, 1.54) is 37.9 Å². The molecule has 0 spiro atoms. The van der Waals surface area contributed by atoms with Crippen molar-refractivity contribution in [3.05, 3.63) is 29.8 Å². The Morgan fingerprint density at radius 3 is 2.65 bits per heavy atom. The average molecular weight is 359 g/mol. The predicted octanol–water partition coefficient (Wildman–Crippen LogP) is 2.97. The number of nitrogens with one attached hydrogen (secondary N) is 1. The molecule has 1 saturated heterocycles. The van der Waals surface area contributed by atoms with Gasteiger partial charge in [0, 0.05) is 39.3 Å². The van der Waals surface area contributed by atoms with Gasteiger partial charge in [-0.25, -0.2) is 0 Å². The molecule has 1 aliphatic heterocycles. The molecule has 1 atom stereocenters. The lowest BCUT2D eigenvalue weighted by molar-refractivity contribution is 0.315. The van der Waals surface area contributed by atoms with E-state index in [-0.39, 0.29) is 0 Å². The van der Waals surface area contributed by atoms with Crippen LogP contribution in [-0.4, -0.2) is 61.6 Å². The molecule has 5 nitrogen and oxygen atoms in total. The summed E-state index contributed by atoms with van der Waals surface area (Å²) in [5, 5.41) is 3.44. The lowest BCUT2D eigenvalue weighted by Gasteiger charge is -2.23. The van der Waals surface area contributed by atoms with Crippen molar-refractivity contribution in [3.8, 4) is 5.75 Å². The summed E-state index contributed by atoms with van der Waals surface area (Å²) in [7, 11) is 2.11. The Morgan fingerprint density at radius 2 is 2.00 bits per heavy atom. The summed E-state index contributed by atoms with van der Waals surface area (Å²) < 4.78 is 5.52. The third-order valence-corrected chi connectivity index (χ3v) is 5.23. The molecule has 0 bridgehead atoms. The highest BCUT2D eigenvalue weighted by atomic mass is 16.5. The van der Waals surface area contributed by atoms with Crippen LogP contribution in [0, 0.1) is 5.92 Å². The quantitative estimate of drug-likeness (QED) is 0.573. The molecule has 1 saturated carbocycles. The zero-order valence-electron chi connectivity index (χ0n) is 16.6. The lowest BCUT2D eigenvalue weighted by Crippen LogP contribution is -2.39. The number of guanidine groups is 1. The highest BCUT2D eigenvalue weighted by molar-refractivity contribution is 5.79. The molecule has 1 aromatic carbocycles. The number of ether oxygens (including phenoxy) is 1. The summed E-state index contributed by atoms with van der Waals surface area (Å²) in [6, 6.07) is 9.24. The molecule has 5 heteroatoms. The largest absolute Gasteiger partial charge is 0.494 e. The summed E-state index contributed by atoms with van der Waals surface area (Å²) in [4.78, 5) is 9.81. The Balaban J connectivity index is 1.53. The number of nitrogens with zero attached hydrogens (tertiary/aromatic N) is 3. The molecular weight excluding hydrogens is 324 g/mol. The van der Waals surface area contributed by atoms with Gasteiger partial charge in [-0.05, 0) is 63.3 Å². The molecule has 1 aliphatic carbocycles. The van der Waals surface area contributed by atoms with Crippen molar-refractivity contribution in [3.63, 3.8) is 0 Å².